The lowest BCUT2D eigenvalue weighted by Crippen LogP contribution is -2.21. The fraction of sp³-hybridized carbons (Fsp3) is 0.222. The lowest BCUT2D eigenvalue weighted by atomic mass is 10.1. The molecule has 2 aromatic carbocycles. The first-order chi connectivity index (χ1) is 13.1. The van der Waals surface area contributed by atoms with Crippen LogP contribution in [0.2, 0.25) is 0 Å². The van der Waals surface area contributed by atoms with Crippen LogP contribution in [0.25, 0.3) is 0 Å². The summed E-state index contributed by atoms with van der Waals surface area (Å²) in [7, 11) is -3.27. The van der Waals surface area contributed by atoms with Crippen LogP contribution < -0.4 is 10.1 Å². The number of alkyl halides is 2. The molecule has 0 saturated carbocycles. The Kier molecular flexibility index (Phi) is 7.05. The molecule has 1 N–H and O–H groups in total. The molecule has 1 amide bonds. The average Bonchev–Trinajstić information content (AvgIpc) is 2.59. The maximum atomic E-state index is 12.4. The van der Waals surface area contributed by atoms with Crippen molar-refractivity contribution in [3.05, 3.63) is 59.7 Å². The average molecular weight is 413 g/mol. The highest BCUT2D eigenvalue weighted by Gasteiger charge is 2.15. The van der Waals surface area contributed by atoms with Gasteiger partial charge in [0, 0.05) is 6.26 Å². The van der Waals surface area contributed by atoms with Gasteiger partial charge in [0.15, 0.2) is 16.4 Å². The molecule has 0 aliphatic carbocycles. The van der Waals surface area contributed by atoms with Gasteiger partial charge in [0.2, 0.25) is 0 Å². The number of rotatable bonds is 8. The van der Waals surface area contributed by atoms with Crippen molar-refractivity contribution in [3.63, 3.8) is 0 Å². The number of sulfone groups is 1. The number of esters is 1. The van der Waals surface area contributed by atoms with Gasteiger partial charge >= 0.3 is 12.6 Å². The molecule has 0 aromatic heterocycles. The number of anilines is 1. The van der Waals surface area contributed by atoms with E-state index in [4.69, 9.17) is 4.74 Å². The Labute approximate surface area is 160 Å². The van der Waals surface area contributed by atoms with E-state index in [1.807, 2.05) is 0 Å². The molecule has 0 fully saturated rings. The third-order valence-corrected chi connectivity index (χ3v) is 4.16. The number of amides is 1. The summed E-state index contributed by atoms with van der Waals surface area (Å²) in [6, 6.07) is 11.4. The van der Waals surface area contributed by atoms with E-state index in [9.17, 15) is 26.8 Å². The molecular weight excluding hydrogens is 396 g/mol. The second-order valence-corrected chi connectivity index (χ2v) is 7.91. The number of hydrogen-bond donors (Lipinski definition) is 1. The molecule has 0 spiro atoms. The van der Waals surface area contributed by atoms with E-state index in [2.05, 4.69) is 10.1 Å². The first-order valence-electron chi connectivity index (χ1n) is 7.91. The van der Waals surface area contributed by atoms with Crippen LogP contribution in [0.1, 0.15) is 15.9 Å². The van der Waals surface area contributed by atoms with E-state index < -0.39 is 34.9 Å². The summed E-state index contributed by atoms with van der Waals surface area (Å²) < 4.78 is 56.6. The lowest BCUT2D eigenvalue weighted by molar-refractivity contribution is -0.119. The molecule has 0 bridgehead atoms. The minimum atomic E-state index is -3.27. The molecule has 0 heterocycles. The number of carbonyl (C=O) groups excluding carboxylic acids is 2. The van der Waals surface area contributed by atoms with Crippen LogP contribution in [0.4, 0.5) is 14.5 Å². The number of benzene rings is 2. The van der Waals surface area contributed by atoms with E-state index in [0.29, 0.717) is 5.56 Å². The van der Waals surface area contributed by atoms with Crippen molar-refractivity contribution in [2.24, 2.45) is 0 Å². The van der Waals surface area contributed by atoms with Gasteiger partial charge in [-0.05, 0) is 29.8 Å². The van der Waals surface area contributed by atoms with Crippen LogP contribution in [-0.4, -0.2) is 39.8 Å². The Morgan fingerprint density at radius 1 is 1.11 bits per heavy atom. The number of hydrogen-bond acceptors (Lipinski definition) is 6. The highest BCUT2D eigenvalue weighted by atomic mass is 32.2. The first-order valence-corrected chi connectivity index (χ1v) is 9.97. The number of ether oxygens (including phenoxy) is 2. The van der Waals surface area contributed by atoms with Gasteiger partial charge in [0.05, 0.1) is 17.0 Å². The smallest absolute Gasteiger partial charge is 0.387 e. The van der Waals surface area contributed by atoms with Gasteiger partial charge in [-0.2, -0.15) is 8.78 Å². The van der Waals surface area contributed by atoms with Crippen LogP contribution in [0.5, 0.6) is 5.75 Å². The molecule has 0 saturated heterocycles. The zero-order chi connectivity index (χ0) is 20.7. The summed E-state index contributed by atoms with van der Waals surface area (Å²) in [5, 5.41) is 2.31. The molecule has 0 aliphatic rings. The van der Waals surface area contributed by atoms with Crippen molar-refractivity contribution in [3.8, 4) is 5.75 Å². The first kappa shape index (κ1) is 21.3. The van der Waals surface area contributed by atoms with E-state index in [-0.39, 0.29) is 22.8 Å². The molecule has 10 heteroatoms. The Hall–Kier alpha value is -3.01. The number of halogens is 2. The molecule has 2 aromatic rings. The van der Waals surface area contributed by atoms with Gasteiger partial charge in [0.1, 0.15) is 5.75 Å². The van der Waals surface area contributed by atoms with Crippen molar-refractivity contribution in [1.29, 1.82) is 0 Å². The van der Waals surface area contributed by atoms with Crippen LogP contribution in [0.15, 0.2) is 48.5 Å². The summed E-state index contributed by atoms with van der Waals surface area (Å²) in [6.45, 7) is -3.73. The van der Waals surface area contributed by atoms with E-state index >= 15 is 0 Å². The quantitative estimate of drug-likeness (QED) is 0.668. The number of carbonyl (C=O) groups is 2. The van der Waals surface area contributed by atoms with Gasteiger partial charge in [-0.1, -0.05) is 24.3 Å². The standard InChI is InChI=1S/C18H17F2NO6S/c1-28(24,25)11-12-5-4-6-13(9-12)17(23)26-10-16(22)21-14-7-2-3-8-15(14)27-18(19)20/h2-9,18H,10-11H2,1H3,(H,21,22). The van der Waals surface area contributed by atoms with Crippen LogP contribution >= 0.6 is 0 Å². The zero-order valence-electron chi connectivity index (χ0n) is 14.7. The van der Waals surface area contributed by atoms with Crippen molar-refractivity contribution < 1.29 is 36.3 Å². The molecule has 0 aliphatic heterocycles. The topological polar surface area (TPSA) is 98.8 Å². The minimum Gasteiger partial charge on any atom is -0.452 e. The molecule has 2 rings (SSSR count). The fourth-order valence-electron chi connectivity index (χ4n) is 2.26. The van der Waals surface area contributed by atoms with Crippen LogP contribution in [0, 0.1) is 0 Å². The second kappa shape index (κ2) is 9.27. The van der Waals surface area contributed by atoms with E-state index in [1.165, 1.54) is 42.5 Å². The third-order valence-electron chi connectivity index (χ3n) is 3.30. The SMILES string of the molecule is CS(=O)(=O)Cc1cccc(C(=O)OCC(=O)Nc2ccccc2OC(F)F)c1. The molecule has 0 radical (unpaired) electrons. The van der Waals surface area contributed by atoms with Crippen LogP contribution in [-0.2, 0) is 25.1 Å². The van der Waals surface area contributed by atoms with E-state index in [0.717, 1.165) is 6.26 Å². The summed E-state index contributed by atoms with van der Waals surface area (Å²) in [4.78, 5) is 24.0. The highest BCUT2D eigenvalue weighted by molar-refractivity contribution is 7.89. The van der Waals surface area contributed by atoms with Gasteiger partial charge < -0.3 is 14.8 Å². The number of para-hydroxylation sites is 2. The van der Waals surface area contributed by atoms with Crippen molar-refractivity contribution in [2.75, 3.05) is 18.2 Å². The lowest BCUT2D eigenvalue weighted by Gasteiger charge is -2.12. The highest BCUT2D eigenvalue weighted by Crippen LogP contribution is 2.25. The monoisotopic (exact) mass is 413 g/mol. The largest absolute Gasteiger partial charge is 0.452 e. The van der Waals surface area contributed by atoms with Gasteiger partial charge in [-0.25, -0.2) is 13.2 Å². The molecule has 7 nitrogen and oxygen atoms in total. The number of nitrogens with one attached hydrogen (secondary N) is 1. The van der Waals surface area contributed by atoms with Crippen molar-refractivity contribution in [2.45, 2.75) is 12.4 Å². The summed E-state index contributed by atoms with van der Waals surface area (Å²) in [6.07, 6.45) is 1.07. The molecule has 0 unspecified atom stereocenters. The summed E-state index contributed by atoms with van der Waals surface area (Å²) >= 11 is 0. The Bertz CT molecular complexity index is 962. The molecular formula is C18H17F2NO6S. The Morgan fingerprint density at radius 3 is 2.50 bits per heavy atom. The predicted molar refractivity (Wildman–Crippen MR) is 97.0 cm³/mol. The van der Waals surface area contributed by atoms with Gasteiger partial charge in [0.25, 0.3) is 5.91 Å². The molecule has 28 heavy (non-hydrogen) atoms. The molecule has 0 atom stereocenters. The summed E-state index contributed by atoms with van der Waals surface area (Å²) in [5.41, 5.74) is 0.480. The van der Waals surface area contributed by atoms with E-state index in [1.54, 1.807) is 6.07 Å². The predicted octanol–water partition coefficient (Wildman–Crippen LogP) is 2.63. The summed E-state index contributed by atoms with van der Waals surface area (Å²) in [5.74, 6) is -2.06. The van der Waals surface area contributed by atoms with Crippen molar-refractivity contribution >= 4 is 27.4 Å². The normalized spacial score (nSPS) is 11.1. The zero-order valence-corrected chi connectivity index (χ0v) is 15.5. The maximum absolute atomic E-state index is 12.4. The molecule has 150 valence electrons. The van der Waals surface area contributed by atoms with Gasteiger partial charge in [-0.3, -0.25) is 4.79 Å². The minimum absolute atomic E-state index is 0.000927. The Morgan fingerprint density at radius 2 is 1.82 bits per heavy atom. The third kappa shape index (κ3) is 6.95. The second-order valence-electron chi connectivity index (χ2n) is 5.77. The fourth-order valence-corrected chi connectivity index (χ4v) is 3.05. The van der Waals surface area contributed by atoms with Crippen LogP contribution in [0.3, 0.4) is 0 Å². The van der Waals surface area contributed by atoms with Crippen molar-refractivity contribution in [1.82, 2.24) is 0 Å². The Balaban J connectivity index is 1.96. The maximum Gasteiger partial charge on any atom is 0.387 e. The van der Waals surface area contributed by atoms with Gasteiger partial charge in [-0.15, -0.1) is 0 Å².